The molecule has 5 heteroatoms. The number of hydrogen-bond donors (Lipinski definition) is 1. The maximum Gasteiger partial charge on any atom is 0.186 e. The number of nitrogens with two attached hydrogens (primary N) is 1. The molecule has 0 aromatic heterocycles. The predicted octanol–water partition coefficient (Wildman–Crippen LogP) is 2.49. The molecule has 1 saturated carbocycles. The van der Waals surface area contributed by atoms with Crippen molar-refractivity contribution in [3.05, 3.63) is 28.7 Å². The van der Waals surface area contributed by atoms with Crippen molar-refractivity contribution in [1.29, 1.82) is 0 Å². The lowest BCUT2D eigenvalue weighted by atomic mass is 10.1. The molecule has 0 aliphatic heterocycles. The number of benzene rings is 1. The SMILES string of the molecule is NCC1(S(=O)(=O)c2ccccc2Br)CCCC1. The zero-order valence-electron chi connectivity index (χ0n) is 9.52. The van der Waals surface area contributed by atoms with Crippen LogP contribution in [0.3, 0.4) is 0 Å². The van der Waals surface area contributed by atoms with Gasteiger partial charge < -0.3 is 5.73 Å². The van der Waals surface area contributed by atoms with Crippen LogP contribution in [0.4, 0.5) is 0 Å². The highest BCUT2D eigenvalue weighted by Gasteiger charge is 2.46. The Balaban J connectivity index is 2.53. The van der Waals surface area contributed by atoms with E-state index in [1.165, 1.54) is 0 Å². The van der Waals surface area contributed by atoms with Crippen molar-refractivity contribution in [2.24, 2.45) is 5.73 Å². The first-order chi connectivity index (χ1) is 8.03. The topological polar surface area (TPSA) is 60.2 Å². The van der Waals surface area contributed by atoms with Crippen molar-refractivity contribution in [3.8, 4) is 0 Å². The Morgan fingerprint density at radius 3 is 2.35 bits per heavy atom. The lowest BCUT2D eigenvalue weighted by Crippen LogP contribution is -2.43. The highest BCUT2D eigenvalue weighted by atomic mass is 79.9. The minimum atomic E-state index is -3.35. The van der Waals surface area contributed by atoms with Gasteiger partial charge in [-0.2, -0.15) is 0 Å². The van der Waals surface area contributed by atoms with E-state index in [9.17, 15) is 8.42 Å². The van der Waals surface area contributed by atoms with Gasteiger partial charge in [-0.1, -0.05) is 25.0 Å². The Bertz CT molecular complexity index is 507. The monoisotopic (exact) mass is 317 g/mol. The molecule has 1 aliphatic rings. The summed E-state index contributed by atoms with van der Waals surface area (Å²) in [6.07, 6.45) is 3.24. The first-order valence-electron chi connectivity index (χ1n) is 5.73. The van der Waals surface area contributed by atoms with Gasteiger partial charge in [-0.3, -0.25) is 0 Å². The molecule has 1 aromatic rings. The number of rotatable bonds is 3. The standard InChI is InChI=1S/C12H16BrNO2S/c13-10-5-1-2-6-11(10)17(15,16)12(9-14)7-3-4-8-12/h1-2,5-6H,3-4,7-9,14H2. The van der Waals surface area contributed by atoms with Gasteiger partial charge in [0.1, 0.15) is 0 Å². The predicted molar refractivity (Wildman–Crippen MR) is 71.6 cm³/mol. The third kappa shape index (κ3) is 2.04. The van der Waals surface area contributed by atoms with Gasteiger partial charge in [-0.05, 0) is 40.9 Å². The molecular formula is C12H16BrNO2S. The molecule has 1 aliphatic carbocycles. The summed E-state index contributed by atoms with van der Waals surface area (Å²) in [5.74, 6) is 0. The Labute approximate surface area is 110 Å². The van der Waals surface area contributed by atoms with Gasteiger partial charge in [-0.15, -0.1) is 0 Å². The van der Waals surface area contributed by atoms with Crippen LogP contribution in [0.1, 0.15) is 25.7 Å². The van der Waals surface area contributed by atoms with Crippen molar-refractivity contribution in [3.63, 3.8) is 0 Å². The minimum absolute atomic E-state index is 0.205. The first kappa shape index (κ1) is 13.1. The van der Waals surface area contributed by atoms with E-state index in [1.807, 2.05) is 6.07 Å². The lowest BCUT2D eigenvalue weighted by Gasteiger charge is -2.27. The van der Waals surface area contributed by atoms with E-state index in [4.69, 9.17) is 5.73 Å². The van der Waals surface area contributed by atoms with Gasteiger partial charge in [-0.25, -0.2) is 8.42 Å². The van der Waals surface area contributed by atoms with Crippen molar-refractivity contribution in [1.82, 2.24) is 0 Å². The quantitative estimate of drug-likeness (QED) is 0.931. The molecule has 3 nitrogen and oxygen atoms in total. The molecule has 0 bridgehead atoms. The molecule has 1 aromatic carbocycles. The Morgan fingerprint density at radius 1 is 1.24 bits per heavy atom. The van der Waals surface area contributed by atoms with E-state index in [0.29, 0.717) is 22.2 Å². The molecule has 0 saturated heterocycles. The highest BCUT2D eigenvalue weighted by molar-refractivity contribution is 9.10. The van der Waals surface area contributed by atoms with Crippen LogP contribution >= 0.6 is 15.9 Å². The minimum Gasteiger partial charge on any atom is -0.329 e. The summed E-state index contributed by atoms with van der Waals surface area (Å²) in [5.41, 5.74) is 5.75. The maximum absolute atomic E-state index is 12.7. The molecule has 0 heterocycles. The second-order valence-electron chi connectivity index (χ2n) is 4.53. The smallest absolute Gasteiger partial charge is 0.186 e. The fraction of sp³-hybridized carbons (Fsp3) is 0.500. The van der Waals surface area contributed by atoms with E-state index >= 15 is 0 Å². The van der Waals surface area contributed by atoms with E-state index in [1.54, 1.807) is 18.2 Å². The first-order valence-corrected chi connectivity index (χ1v) is 8.00. The van der Waals surface area contributed by atoms with E-state index in [-0.39, 0.29) is 6.54 Å². The van der Waals surface area contributed by atoms with Gasteiger partial charge in [0.15, 0.2) is 9.84 Å². The average molecular weight is 318 g/mol. The summed E-state index contributed by atoms with van der Waals surface area (Å²) in [4.78, 5) is 0.368. The van der Waals surface area contributed by atoms with Gasteiger partial charge in [0.2, 0.25) is 0 Å². The summed E-state index contributed by atoms with van der Waals surface area (Å²) in [6.45, 7) is 0.205. The largest absolute Gasteiger partial charge is 0.329 e. The molecule has 1 fully saturated rings. The molecule has 0 unspecified atom stereocenters. The summed E-state index contributed by atoms with van der Waals surface area (Å²) in [7, 11) is -3.35. The van der Waals surface area contributed by atoms with Crippen LogP contribution in [0.25, 0.3) is 0 Å². The third-order valence-corrected chi connectivity index (χ3v) is 7.19. The van der Waals surface area contributed by atoms with Crippen molar-refractivity contribution in [2.45, 2.75) is 35.3 Å². The van der Waals surface area contributed by atoms with Gasteiger partial charge >= 0.3 is 0 Å². The van der Waals surface area contributed by atoms with E-state index in [0.717, 1.165) is 12.8 Å². The Kier molecular flexibility index (Phi) is 3.61. The molecule has 0 spiro atoms. The van der Waals surface area contributed by atoms with Crippen LogP contribution in [0.2, 0.25) is 0 Å². The van der Waals surface area contributed by atoms with E-state index < -0.39 is 14.6 Å². The molecule has 94 valence electrons. The second kappa shape index (κ2) is 4.71. The molecule has 0 amide bonds. The zero-order valence-corrected chi connectivity index (χ0v) is 11.9. The number of sulfone groups is 1. The normalized spacial score (nSPS) is 19.4. The Hall–Kier alpha value is -0.390. The average Bonchev–Trinajstić information content (AvgIpc) is 2.79. The zero-order chi connectivity index (χ0) is 12.5. The summed E-state index contributed by atoms with van der Waals surface area (Å²) >= 11 is 3.31. The summed E-state index contributed by atoms with van der Waals surface area (Å²) < 4.78 is 25.3. The van der Waals surface area contributed by atoms with Gasteiger partial charge in [0.05, 0.1) is 9.64 Å². The number of halogens is 1. The molecule has 0 atom stereocenters. The lowest BCUT2D eigenvalue weighted by molar-refractivity contribution is 0.515. The highest BCUT2D eigenvalue weighted by Crippen LogP contribution is 2.41. The van der Waals surface area contributed by atoms with Crippen LogP contribution < -0.4 is 5.73 Å². The molecular weight excluding hydrogens is 302 g/mol. The molecule has 0 radical (unpaired) electrons. The number of hydrogen-bond acceptors (Lipinski definition) is 3. The second-order valence-corrected chi connectivity index (χ2v) is 7.70. The van der Waals surface area contributed by atoms with Crippen molar-refractivity contribution in [2.75, 3.05) is 6.54 Å². The molecule has 2 rings (SSSR count). The molecule has 17 heavy (non-hydrogen) atoms. The van der Waals surface area contributed by atoms with Crippen LogP contribution in [-0.4, -0.2) is 19.7 Å². The summed E-state index contributed by atoms with van der Waals surface area (Å²) in [6, 6.07) is 6.96. The molecule has 2 N–H and O–H groups in total. The fourth-order valence-electron chi connectivity index (χ4n) is 2.50. The van der Waals surface area contributed by atoms with Crippen LogP contribution in [0.5, 0.6) is 0 Å². The fourth-order valence-corrected chi connectivity index (χ4v) is 5.52. The summed E-state index contributed by atoms with van der Waals surface area (Å²) in [5, 5.41) is 0. The maximum atomic E-state index is 12.7. The van der Waals surface area contributed by atoms with E-state index in [2.05, 4.69) is 15.9 Å². The van der Waals surface area contributed by atoms with Crippen LogP contribution in [0, 0.1) is 0 Å². The van der Waals surface area contributed by atoms with Crippen LogP contribution in [-0.2, 0) is 9.84 Å². The van der Waals surface area contributed by atoms with Gasteiger partial charge in [0, 0.05) is 11.0 Å². The Morgan fingerprint density at radius 2 is 1.82 bits per heavy atom. The van der Waals surface area contributed by atoms with Gasteiger partial charge in [0.25, 0.3) is 0 Å². The van der Waals surface area contributed by atoms with Crippen molar-refractivity contribution < 1.29 is 8.42 Å². The van der Waals surface area contributed by atoms with Crippen molar-refractivity contribution >= 4 is 25.8 Å². The van der Waals surface area contributed by atoms with Crippen LogP contribution in [0.15, 0.2) is 33.6 Å². The third-order valence-electron chi connectivity index (χ3n) is 3.58.